The summed E-state index contributed by atoms with van der Waals surface area (Å²) in [4.78, 5) is 28.5. The first-order valence-corrected chi connectivity index (χ1v) is 13.6. The number of hydrogen-bond donors (Lipinski definition) is 1. The van der Waals surface area contributed by atoms with E-state index in [0.29, 0.717) is 10.6 Å². The van der Waals surface area contributed by atoms with Crippen LogP contribution in [0.1, 0.15) is 28.3 Å². The Morgan fingerprint density at radius 3 is 2.08 bits per heavy atom. The van der Waals surface area contributed by atoms with Crippen molar-refractivity contribution < 1.29 is 18.0 Å². The van der Waals surface area contributed by atoms with Crippen molar-refractivity contribution in [2.24, 2.45) is 0 Å². The minimum Gasteiger partial charge on any atom is -0.350 e. The van der Waals surface area contributed by atoms with Crippen LogP contribution >= 0.6 is 11.6 Å². The molecule has 7 nitrogen and oxygen atoms in total. The summed E-state index contributed by atoms with van der Waals surface area (Å²) in [6.45, 7) is 1.96. The van der Waals surface area contributed by atoms with Crippen molar-refractivity contribution in [1.29, 1.82) is 0 Å². The number of carbonyl (C=O) groups is 2. The Morgan fingerprint density at radius 1 is 0.917 bits per heavy atom. The number of nitrogens with one attached hydrogen (secondary N) is 1. The fraction of sp³-hybridized carbons (Fsp3) is 0.259. The molecule has 0 aromatic heterocycles. The van der Waals surface area contributed by atoms with Crippen molar-refractivity contribution in [3.8, 4) is 0 Å². The molecule has 0 spiro atoms. The lowest BCUT2D eigenvalue weighted by molar-refractivity contribution is -0.141. The predicted molar refractivity (Wildman–Crippen MR) is 142 cm³/mol. The molecular weight excluding hydrogens is 498 g/mol. The Morgan fingerprint density at radius 2 is 1.50 bits per heavy atom. The maximum atomic E-state index is 13.6. The van der Waals surface area contributed by atoms with Crippen LogP contribution in [0.25, 0.3) is 0 Å². The first kappa shape index (κ1) is 27.4. The van der Waals surface area contributed by atoms with E-state index in [1.54, 1.807) is 48.5 Å². The van der Waals surface area contributed by atoms with Crippen molar-refractivity contribution >= 4 is 33.4 Å². The largest absolute Gasteiger partial charge is 0.350 e. The SMILES string of the molecule is Cc1ccc(CNC(=O)[C@@H](c2ccccc2)N(Cc2ccc(Cl)cc2)C(=O)CN(C)S(C)(=O)=O)cc1. The number of rotatable bonds is 10. The first-order chi connectivity index (χ1) is 17.0. The van der Waals surface area contributed by atoms with Crippen LogP contribution in [0.15, 0.2) is 78.9 Å². The normalized spacial score (nSPS) is 12.2. The molecule has 0 heterocycles. The Bertz CT molecular complexity index is 1280. The maximum Gasteiger partial charge on any atom is 0.247 e. The maximum absolute atomic E-state index is 13.6. The lowest BCUT2D eigenvalue weighted by Gasteiger charge is -2.32. The molecule has 0 saturated heterocycles. The molecule has 0 radical (unpaired) electrons. The van der Waals surface area contributed by atoms with E-state index in [9.17, 15) is 18.0 Å². The first-order valence-electron chi connectivity index (χ1n) is 11.4. The van der Waals surface area contributed by atoms with E-state index in [0.717, 1.165) is 27.3 Å². The molecule has 9 heteroatoms. The highest BCUT2D eigenvalue weighted by Crippen LogP contribution is 2.25. The third-order valence-corrected chi connectivity index (χ3v) is 7.29. The molecule has 0 aliphatic heterocycles. The smallest absolute Gasteiger partial charge is 0.247 e. The van der Waals surface area contributed by atoms with Crippen molar-refractivity contribution in [2.45, 2.75) is 26.1 Å². The van der Waals surface area contributed by atoms with E-state index >= 15 is 0 Å². The molecule has 1 N–H and O–H groups in total. The van der Waals surface area contributed by atoms with Gasteiger partial charge in [0.2, 0.25) is 21.8 Å². The van der Waals surface area contributed by atoms with Crippen LogP contribution in [0.2, 0.25) is 5.02 Å². The van der Waals surface area contributed by atoms with Crippen LogP contribution in [0.3, 0.4) is 0 Å². The van der Waals surface area contributed by atoms with Crippen molar-refractivity contribution in [3.63, 3.8) is 0 Å². The van der Waals surface area contributed by atoms with Crippen molar-refractivity contribution in [2.75, 3.05) is 19.8 Å². The highest BCUT2D eigenvalue weighted by Gasteiger charge is 2.32. The van der Waals surface area contributed by atoms with E-state index in [2.05, 4.69) is 5.32 Å². The van der Waals surface area contributed by atoms with Gasteiger partial charge in [-0.15, -0.1) is 0 Å². The number of benzene rings is 3. The van der Waals surface area contributed by atoms with Crippen LogP contribution in [0.5, 0.6) is 0 Å². The zero-order valence-corrected chi connectivity index (χ0v) is 22.1. The van der Waals surface area contributed by atoms with Gasteiger partial charge in [0.25, 0.3) is 0 Å². The minimum absolute atomic E-state index is 0.0884. The average molecular weight is 528 g/mol. The Balaban J connectivity index is 1.96. The lowest BCUT2D eigenvalue weighted by atomic mass is 10.0. The fourth-order valence-electron chi connectivity index (χ4n) is 3.61. The molecule has 0 bridgehead atoms. The van der Waals surface area contributed by atoms with Gasteiger partial charge in [0.05, 0.1) is 12.8 Å². The Labute approximate surface area is 217 Å². The molecule has 2 amide bonds. The zero-order chi connectivity index (χ0) is 26.3. The second kappa shape index (κ2) is 12.2. The molecule has 0 saturated carbocycles. The quantitative estimate of drug-likeness (QED) is 0.433. The average Bonchev–Trinajstić information content (AvgIpc) is 2.84. The number of hydrogen-bond acceptors (Lipinski definition) is 4. The van der Waals surface area contributed by atoms with E-state index in [1.165, 1.54) is 11.9 Å². The monoisotopic (exact) mass is 527 g/mol. The zero-order valence-electron chi connectivity index (χ0n) is 20.5. The second-order valence-corrected chi connectivity index (χ2v) is 11.2. The summed E-state index contributed by atoms with van der Waals surface area (Å²) in [6, 6.07) is 22.7. The minimum atomic E-state index is -3.60. The van der Waals surface area contributed by atoms with Gasteiger partial charge in [0, 0.05) is 25.2 Å². The van der Waals surface area contributed by atoms with Crippen molar-refractivity contribution in [3.05, 3.63) is 106 Å². The van der Waals surface area contributed by atoms with Crippen LogP contribution in [-0.2, 0) is 32.7 Å². The molecule has 0 aliphatic rings. The van der Waals surface area contributed by atoms with Gasteiger partial charge in [0.1, 0.15) is 6.04 Å². The molecule has 3 aromatic rings. The molecule has 0 fully saturated rings. The molecule has 3 rings (SSSR count). The topological polar surface area (TPSA) is 86.8 Å². The van der Waals surface area contributed by atoms with Crippen LogP contribution in [-0.4, -0.2) is 49.3 Å². The number of halogens is 1. The summed E-state index contributed by atoms with van der Waals surface area (Å²) in [7, 11) is -2.27. The number of likely N-dealkylation sites (N-methyl/N-ethyl adjacent to an activating group) is 1. The molecule has 1 atom stereocenters. The Kier molecular flexibility index (Phi) is 9.25. The van der Waals surface area contributed by atoms with Gasteiger partial charge in [-0.25, -0.2) is 8.42 Å². The summed E-state index contributed by atoms with van der Waals surface area (Å²) in [5.74, 6) is -0.872. The lowest BCUT2D eigenvalue weighted by Crippen LogP contribution is -2.47. The van der Waals surface area contributed by atoms with Gasteiger partial charge in [-0.1, -0.05) is 83.9 Å². The summed E-state index contributed by atoms with van der Waals surface area (Å²) < 4.78 is 25.0. The number of aryl methyl sites for hydroxylation is 1. The summed E-state index contributed by atoms with van der Waals surface area (Å²) >= 11 is 6.03. The van der Waals surface area contributed by atoms with Crippen molar-refractivity contribution in [1.82, 2.24) is 14.5 Å². The van der Waals surface area contributed by atoms with Gasteiger partial charge >= 0.3 is 0 Å². The van der Waals surface area contributed by atoms with Gasteiger partial charge in [-0.3, -0.25) is 9.59 Å². The summed E-state index contributed by atoms with van der Waals surface area (Å²) in [5.41, 5.74) is 3.40. The third-order valence-electron chi connectivity index (χ3n) is 5.77. The van der Waals surface area contributed by atoms with Crippen LogP contribution < -0.4 is 5.32 Å². The standard InChI is InChI=1S/C27H30ClN3O4S/c1-20-9-11-21(12-10-20)17-29-27(33)26(23-7-5-4-6-8-23)31(18-22-13-15-24(28)16-14-22)25(32)19-30(2)36(3,34)35/h4-16,26H,17-19H2,1-3H3,(H,29,33)/t26-/m1/s1. The summed E-state index contributed by atoms with van der Waals surface area (Å²) in [5, 5.41) is 3.49. The third kappa shape index (κ3) is 7.65. The van der Waals surface area contributed by atoms with Crippen LogP contribution in [0, 0.1) is 6.92 Å². The Hall–Kier alpha value is -3.20. The molecule has 190 valence electrons. The molecule has 0 unspecified atom stereocenters. The molecule has 0 aliphatic carbocycles. The number of nitrogens with zero attached hydrogens (tertiary/aromatic N) is 2. The number of carbonyl (C=O) groups excluding carboxylic acids is 2. The van der Waals surface area contributed by atoms with E-state index in [1.807, 2.05) is 37.3 Å². The summed E-state index contributed by atoms with van der Waals surface area (Å²) in [6.07, 6.45) is 1.03. The van der Waals surface area contributed by atoms with E-state index < -0.39 is 28.5 Å². The molecule has 36 heavy (non-hydrogen) atoms. The number of amides is 2. The van der Waals surface area contributed by atoms with E-state index in [4.69, 9.17) is 11.6 Å². The highest BCUT2D eigenvalue weighted by atomic mass is 35.5. The van der Waals surface area contributed by atoms with Gasteiger partial charge in [-0.2, -0.15) is 4.31 Å². The van der Waals surface area contributed by atoms with Gasteiger partial charge in [0.15, 0.2) is 0 Å². The number of sulfonamides is 1. The fourth-order valence-corrected chi connectivity index (χ4v) is 4.08. The second-order valence-electron chi connectivity index (χ2n) is 8.68. The van der Waals surface area contributed by atoms with E-state index in [-0.39, 0.29) is 19.0 Å². The molecular formula is C27H30ClN3O4S. The van der Waals surface area contributed by atoms with Crippen LogP contribution in [0.4, 0.5) is 0 Å². The predicted octanol–water partition coefficient (Wildman–Crippen LogP) is 3.93. The highest BCUT2D eigenvalue weighted by molar-refractivity contribution is 7.88. The molecule has 3 aromatic carbocycles. The van der Waals surface area contributed by atoms with Gasteiger partial charge in [-0.05, 0) is 35.7 Å². The van der Waals surface area contributed by atoms with Gasteiger partial charge < -0.3 is 10.2 Å².